The molecule has 0 aromatic carbocycles. The fourth-order valence-electron chi connectivity index (χ4n) is 2.12. The van der Waals surface area contributed by atoms with Gasteiger partial charge in [0.15, 0.2) is 0 Å². The van der Waals surface area contributed by atoms with Gasteiger partial charge in [-0.2, -0.15) is 0 Å². The van der Waals surface area contributed by atoms with Crippen molar-refractivity contribution in [2.24, 2.45) is 5.92 Å². The molecule has 0 aliphatic heterocycles. The summed E-state index contributed by atoms with van der Waals surface area (Å²) >= 11 is 0. The molecule has 1 aromatic rings. The second kappa shape index (κ2) is 5.46. The van der Waals surface area contributed by atoms with E-state index >= 15 is 0 Å². The first-order chi connectivity index (χ1) is 7.85. The predicted molar refractivity (Wildman–Crippen MR) is 63.1 cm³/mol. The summed E-state index contributed by atoms with van der Waals surface area (Å²) in [6, 6.07) is 0.788. The van der Waals surface area contributed by atoms with Crippen molar-refractivity contribution in [3.8, 4) is 0 Å². The first-order valence-electron chi connectivity index (χ1n) is 6.09. The lowest BCUT2D eigenvalue weighted by molar-refractivity contribution is 0.150. The van der Waals surface area contributed by atoms with Gasteiger partial charge in [-0.05, 0) is 25.2 Å². The number of nitrogens with one attached hydrogen (secondary N) is 2. The average Bonchev–Trinajstić information content (AvgIpc) is 3.00. The Morgan fingerprint density at radius 2 is 2.44 bits per heavy atom. The summed E-state index contributed by atoms with van der Waals surface area (Å²) in [6.45, 7) is 2.97. The topological polar surface area (TPSA) is 49.9 Å². The van der Waals surface area contributed by atoms with Crippen LogP contribution in [0.1, 0.15) is 38.1 Å². The van der Waals surface area contributed by atoms with Crippen LogP contribution in [0.3, 0.4) is 0 Å². The zero-order valence-electron chi connectivity index (χ0n) is 10.1. The van der Waals surface area contributed by atoms with Crippen molar-refractivity contribution >= 4 is 0 Å². The maximum Gasteiger partial charge on any atom is 0.123 e. The molecule has 1 saturated carbocycles. The Labute approximate surface area is 96.8 Å². The van der Waals surface area contributed by atoms with E-state index in [-0.39, 0.29) is 0 Å². The summed E-state index contributed by atoms with van der Waals surface area (Å²) in [5.74, 6) is 1.83. The van der Waals surface area contributed by atoms with Gasteiger partial charge in [0.25, 0.3) is 0 Å². The Hall–Kier alpha value is -0.870. The van der Waals surface area contributed by atoms with Crippen LogP contribution in [0.4, 0.5) is 0 Å². The molecule has 1 fully saturated rings. The van der Waals surface area contributed by atoms with Crippen LogP contribution in [0.25, 0.3) is 0 Å². The lowest BCUT2D eigenvalue weighted by atomic mass is 10.1. The minimum Gasteiger partial charge on any atom is -0.383 e. The highest BCUT2D eigenvalue weighted by Gasteiger charge is 2.32. The highest BCUT2D eigenvalue weighted by Crippen LogP contribution is 2.34. The van der Waals surface area contributed by atoms with Crippen molar-refractivity contribution < 1.29 is 4.74 Å². The van der Waals surface area contributed by atoms with E-state index in [9.17, 15) is 0 Å². The Morgan fingerprint density at radius 3 is 2.94 bits per heavy atom. The normalized spacial score (nSPS) is 19.6. The minimum atomic E-state index is 0.316. The second-order valence-corrected chi connectivity index (χ2v) is 4.50. The molecule has 2 N–H and O–H groups in total. The smallest absolute Gasteiger partial charge is 0.123 e. The Morgan fingerprint density at radius 1 is 1.62 bits per heavy atom. The molecule has 2 atom stereocenters. The molecule has 90 valence electrons. The molecule has 0 amide bonds. The summed E-state index contributed by atoms with van der Waals surface area (Å²) in [5.41, 5.74) is 0. The van der Waals surface area contributed by atoms with Gasteiger partial charge in [-0.15, -0.1) is 0 Å². The Balaban J connectivity index is 1.93. The lowest BCUT2D eigenvalue weighted by Gasteiger charge is -2.23. The number of ether oxygens (including phenoxy) is 1. The number of rotatable bonds is 7. The van der Waals surface area contributed by atoms with E-state index < -0.39 is 0 Å². The standard InChI is InChI=1S/C12H21N3O/c1-3-10(12-13-6-7-14-12)15-11(8-16-2)9-4-5-9/h6-7,9-11,15H,3-5,8H2,1-2H3,(H,13,14). The van der Waals surface area contributed by atoms with Crippen LogP contribution < -0.4 is 5.32 Å². The molecule has 0 spiro atoms. The molecule has 1 heterocycles. The van der Waals surface area contributed by atoms with Crippen LogP contribution in [0.2, 0.25) is 0 Å². The monoisotopic (exact) mass is 223 g/mol. The van der Waals surface area contributed by atoms with E-state index in [2.05, 4.69) is 22.2 Å². The maximum absolute atomic E-state index is 5.27. The summed E-state index contributed by atoms with van der Waals surface area (Å²) in [7, 11) is 1.77. The van der Waals surface area contributed by atoms with Gasteiger partial charge >= 0.3 is 0 Å². The lowest BCUT2D eigenvalue weighted by Crippen LogP contribution is -2.38. The van der Waals surface area contributed by atoms with Crippen molar-refractivity contribution in [2.45, 2.75) is 38.3 Å². The summed E-state index contributed by atoms with van der Waals surface area (Å²) in [4.78, 5) is 7.50. The van der Waals surface area contributed by atoms with Crippen LogP contribution in [0, 0.1) is 5.92 Å². The van der Waals surface area contributed by atoms with Crippen molar-refractivity contribution in [1.82, 2.24) is 15.3 Å². The minimum absolute atomic E-state index is 0.316. The largest absolute Gasteiger partial charge is 0.383 e. The van der Waals surface area contributed by atoms with Gasteiger partial charge in [0, 0.05) is 25.5 Å². The van der Waals surface area contributed by atoms with E-state index in [0.717, 1.165) is 24.8 Å². The maximum atomic E-state index is 5.27. The number of imidazole rings is 1. The third-order valence-corrected chi connectivity index (χ3v) is 3.21. The Bertz CT molecular complexity index is 295. The van der Waals surface area contributed by atoms with Gasteiger partial charge in [0.2, 0.25) is 0 Å². The van der Waals surface area contributed by atoms with Gasteiger partial charge in [-0.3, -0.25) is 0 Å². The van der Waals surface area contributed by atoms with Crippen molar-refractivity contribution in [2.75, 3.05) is 13.7 Å². The zero-order chi connectivity index (χ0) is 11.4. The van der Waals surface area contributed by atoms with Gasteiger partial charge in [-0.1, -0.05) is 6.92 Å². The molecule has 2 unspecified atom stereocenters. The molecule has 0 radical (unpaired) electrons. The first kappa shape index (κ1) is 11.6. The SMILES string of the molecule is CCC(NC(COC)C1CC1)c1ncc[nH]1. The molecular formula is C12H21N3O. The summed E-state index contributed by atoms with van der Waals surface area (Å²) < 4.78 is 5.27. The third-order valence-electron chi connectivity index (χ3n) is 3.21. The van der Waals surface area contributed by atoms with E-state index in [4.69, 9.17) is 4.74 Å². The van der Waals surface area contributed by atoms with E-state index in [0.29, 0.717) is 12.1 Å². The van der Waals surface area contributed by atoms with Gasteiger partial charge in [-0.25, -0.2) is 4.98 Å². The quantitative estimate of drug-likeness (QED) is 0.742. The van der Waals surface area contributed by atoms with Crippen LogP contribution in [-0.2, 0) is 4.74 Å². The number of methoxy groups -OCH3 is 1. The van der Waals surface area contributed by atoms with Crippen molar-refractivity contribution in [3.05, 3.63) is 18.2 Å². The molecule has 4 nitrogen and oxygen atoms in total. The number of aromatic amines is 1. The number of H-pyrrole nitrogens is 1. The van der Waals surface area contributed by atoms with Crippen LogP contribution >= 0.6 is 0 Å². The third kappa shape index (κ3) is 2.83. The molecule has 16 heavy (non-hydrogen) atoms. The molecule has 0 bridgehead atoms. The number of nitrogens with zero attached hydrogens (tertiary/aromatic N) is 1. The highest BCUT2D eigenvalue weighted by molar-refractivity contribution is 4.98. The van der Waals surface area contributed by atoms with E-state index in [1.54, 1.807) is 7.11 Å². The fraction of sp³-hybridized carbons (Fsp3) is 0.750. The van der Waals surface area contributed by atoms with Gasteiger partial charge in [0.1, 0.15) is 5.82 Å². The van der Waals surface area contributed by atoms with Gasteiger partial charge < -0.3 is 15.0 Å². The van der Waals surface area contributed by atoms with Gasteiger partial charge in [0.05, 0.1) is 12.6 Å². The average molecular weight is 223 g/mol. The number of hydrogen-bond acceptors (Lipinski definition) is 3. The molecule has 0 saturated heterocycles. The molecule has 1 aliphatic rings. The van der Waals surface area contributed by atoms with Crippen LogP contribution in [0.15, 0.2) is 12.4 Å². The Kier molecular flexibility index (Phi) is 3.96. The fourth-order valence-corrected chi connectivity index (χ4v) is 2.12. The van der Waals surface area contributed by atoms with E-state index in [1.165, 1.54) is 12.8 Å². The number of aromatic nitrogens is 2. The molecular weight excluding hydrogens is 202 g/mol. The van der Waals surface area contributed by atoms with Crippen molar-refractivity contribution in [1.29, 1.82) is 0 Å². The van der Waals surface area contributed by atoms with E-state index in [1.807, 2.05) is 12.4 Å². The van der Waals surface area contributed by atoms with Crippen LogP contribution in [0.5, 0.6) is 0 Å². The molecule has 4 heteroatoms. The number of hydrogen-bond donors (Lipinski definition) is 2. The zero-order valence-corrected chi connectivity index (χ0v) is 10.1. The summed E-state index contributed by atoms with van der Waals surface area (Å²) in [6.07, 6.45) is 7.38. The highest BCUT2D eigenvalue weighted by atomic mass is 16.5. The predicted octanol–water partition coefficient (Wildman–Crippen LogP) is 1.88. The van der Waals surface area contributed by atoms with Crippen molar-refractivity contribution in [3.63, 3.8) is 0 Å². The molecule has 1 aliphatic carbocycles. The molecule has 2 rings (SSSR count). The molecule has 1 aromatic heterocycles. The van der Waals surface area contributed by atoms with Crippen LogP contribution in [-0.4, -0.2) is 29.7 Å². The first-order valence-corrected chi connectivity index (χ1v) is 6.09. The second-order valence-electron chi connectivity index (χ2n) is 4.50. The summed E-state index contributed by atoms with van der Waals surface area (Å²) in [5, 5.41) is 3.65.